The van der Waals surface area contributed by atoms with Crippen LogP contribution in [0.3, 0.4) is 0 Å². The van der Waals surface area contributed by atoms with Crippen LogP contribution >= 0.6 is 27.5 Å². The van der Waals surface area contributed by atoms with E-state index in [1.807, 2.05) is 0 Å². The van der Waals surface area contributed by atoms with Crippen molar-refractivity contribution in [3.63, 3.8) is 0 Å². The van der Waals surface area contributed by atoms with Gasteiger partial charge in [0.15, 0.2) is 0 Å². The summed E-state index contributed by atoms with van der Waals surface area (Å²) in [5, 5.41) is 9.71. The molecule has 1 amide bonds. The summed E-state index contributed by atoms with van der Waals surface area (Å²) in [6.45, 7) is 1.21. The van der Waals surface area contributed by atoms with E-state index in [0.29, 0.717) is 18.7 Å². The zero-order chi connectivity index (χ0) is 11.7. The number of halogens is 2. The number of hydrogen-bond acceptors (Lipinski definition) is 2. The summed E-state index contributed by atoms with van der Waals surface area (Å²) < 4.78 is 0.748. The van der Waals surface area contributed by atoms with E-state index < -0.39 is 0 Å². The number of alkyl halides is 1. The number of nitrogens with zero attached hydrogens (tertiary/aromatic N) is 1. The molecular formula is C11H11BrClNO2. The van der Waals surface area contributed by atoms with Crippen LogP contribution in [0.5, 0.6) is 5.75 Å². The molecule has 1 aromatic rings. The Morgan fingerprint density at radius 3 is 2.88 bits per heavy atom. The van der Waals surface area contributed by atoms with Crippen LogP contribution in [0.4, 0.5) is 0 Å². The minimum atomic E-state index is -0.159. The lowest BCUT2D eigenvalue weighted by Gasteiger charge is -2.16. The lowest BCUT2D eigenvalue weighted by atomic mass is 10.2. The minimum absolute atomic E-state index is 0.00241. The number of phenols is 1. The van der Waals surface area contributed by atoms with Gasteiger partial charge in [-0.15, -0.1) is 11.6 Å². The van der Waals surface area contributed by atoms with Gasteiger partial charge in [0.05, 0.1) is 10.9 Å². The van der Waals surface area contributed by atoms with Crippen LogP contribution in [0.15, 0.2) is 22.7 Å². The van der Waals surface area contributed by atoms with E-state index >= 15 is 0 Å². The van der Waals surface area contributed by atoms with Crippen LogP contribution in [0, 0.1) is 0 Å². The Bertz CT molecular complexity index is 424. The number of rotatable bonds is 1. The monoisotopic (exact) mass is 303 g/mol. The Hall–Kier alpha value is -0.740. The van der Waals surface area contributed by atoms with Gasteiger partial charge in [-0.05, 0) is 24.6 Å². The average Bonchev–Trinajstić information content (AvgIpc) is 2.64. The number of carbonyl (C=O) groups excluding carboxylic acids is 1. The highest BCUT2D eigenvalue weighted by atomic mass is 79.9. The van der Waals surface area contributed by atoms with Gasteiger partial charge in [-0.1, -0.05) is 15.9 Å². The third-order valence-electron chi connectivity index (χ3n) is 2.61. The first-order chi connectivity index (χ1) is 7.58. The van der Waals surface area contributed by atoms with Crippen molar-refractivity contribution in [3.05, 3.63) is 28.2 Å². The van der Waals surface area contributed by atoms with Crippen molar-refractivity contribution >= 4 is 33.4 Å². The molecule has 1 atom stereocenters. The predicted octanol–water partition coefficient (Wildman–Crippen LogP) is 2.61. The molecule has 3 nitrogen and oxygen atoms in total. The highest BCUT2D eigenvalue weighted by Gasteiger charge is 2.26. The van der Waals surface area contributed by atoms with E-state index in [2.05, 4.69) is 15.9 Å². The number of aromatic hydroxyl groups is 1. The van der Waals surface area contributed by atoms with Crippen LogP contribution in [-0.4, -0.2) is 34.4 Å². The Balaban J connectivity index is 2.21. The van der Waals surface area contributed by atoms with Gasteiger partial charge in [0.25, 0.3) is 5.91 Å². The summed E-state index contributed by atoms with van der Waals surface area (Å²) in [5.41, 5.74) is 0.328. The minimum Gasteiger partial charge on any atom is -0.507 e. The van der Waals surface area contributed by atoms with E-state index in [9.17, 15) is 9.90 Å². The van der Waals surface area contributed by atoms with Gasteiger partial charge in [0.2, 0.25) is 0 Å². The first-order valence-corrected chi connectivity index (χ1v) is 6.22. The summed E-state index contributed by atoms with van der Waals surface area (Å²) in [6.07, 6.45) is 0.810. The molecule has 0 saturated carbocycles. The molecule has 1 aliphatic heterocycles. The Kier molecular flexibility index (Phi) is 3.40. The molecule has 1 saturated heterocycles. The Morgan fingerprint density at radius 1 is 1.56 bits per heavy atom. The van der Waals surface area contributed by atoms with Gasteiger partial charge in [-0.2, -0.15) is 0 Å². The second-order valence-electron chi connectivity index (χ2n) is 3.80. The van der Waals surface area contributed by atoms with Gasteiger partial charge in [-0.25, -0.2) is 0 Å². The molecule has 0 aliphatic carbocycles. The zero-order valence-electron chi connectivity index (χ0n) is 8.49. The Morgan fingerprint density at radius 2 is 2.31 bits per heavy atom. The number of likely N-dealkylation sites (tertiary alicyclic amines) is 1. The smallest absolute Gasteiger partial charge is 0.257 e. The molecule has 1 unspecified atom stereocenters. The summed E-state index contributed by atoms with van der Waals surface area (Å²) in [6, 6.07) is 4.87. The highest BCUT2D eigenvalue weighted by molar-refractivity contribution is 9.10. The number of hydrogen-bond donors (Lipinski definition) is 1. The van der Waals surface area contributed by atoms with Crippen molar-refractivity contribution in [2.24, 2.45) is 0 Å². The van der Waals surface area contributed by atoms with Gasteiger partial charge in [-0.3, -0.25) is 4.79 Å². The molecule has 86 valence electrons. The molecule has 0 radical (unpaired) electrons. The lowest BCUT2D eigenvalue weighted by Crippen LogP contribution is -2.28. The number of benzene rings is 1. The largest absolute Gasteiger partial charge is 0.507 e. The normalized spacial score (nSPS) is 20.1. The average molecular weight is 305 g/mol. The fourth-order valence-corrected chi connectivity index (χ4v) is 2.37. The standard InChI is InChI=1S/C11H11BrClNO2/c12-7-1-2-9(10(15)5-7)11(16)14-4-3-8(13)6-14/h1-2,5,8,15H,3-4,6H2. The zero-order valence-corrected chi connectivity index (χ0v) is 10.8. The summed E-state index contributed by atoms with van der Waals surface area (Å²) >= 11 is 9.17. The SMILES string of the molecule is O=C(c1ccc(Br)cc1O)N1CCC(Cl)C1. The molecule has 1 aliphatic rings. The molecule has 0 spiro atoms. The third-order valence-corrected chi connectivity index (χ3v) is 3.46. The molecule has 2 rings (SSSR count). The Labute approximate surface area is 107 Å². The quantitative estimate of drug-likeness (QED) is 0.810. The molecule has 1 fully saturated rings. The molecule has 0 aromatic heterocycles. The van der Waals surface area contributed by atoms with Crippen LogP contribution in [0.1, 0.15) is 16.8 Å². The molecule has 1 heterocycles. The van der Waals surface area contributed by atoms with Crippen LogP contribution < -0.4 is 0 Å². The van der Waals surface area contributed by atoms with Crippen molar-refractivity contribution < 1.29 is 9.90 Å². The van der Waals surface area contributed by atoms with Crippen LogP contribution in [0.25, 0.3) is 0 Å². The molecule has 1 N–H and O–H groups in total. The van der Waals surface area contributed by atoms with Gasteiger partial charge < -0.3 is 10.0 Å². The van der Waals surface area contributed by atoms with Gasteiger partial charge in [0, 0.05) is 17.6 Å². The fraction of sp³-hybridized carbons (Fsp3) is 0.364. The van der Waals surface area contributed by atoms with Crippen molar-refractivity contribution in [1.82, 2.24) is 4.90 Å². The first kappa shape index (κ1) is 11.7. The molecule has 16 heavy (non-hydrogen) atoms. The maximum Gasteiger partial charge on any atom is 0.257 e. The maximum atomic E-state index is 12.0. The second kappa shape index (κ2) is 4.63. The summed E-state index contributed by atoms with van der Waals surface area (Å²) in [5.74, 6) is -0.162. The first-order valence-electron chi connectivity index (χ1n) is 5.00. The third kappa shape index (κ3) is 2.33. The molecule has 0 bridgehead atoms. The van der Waals surface area contributed by atoms with E-state index in [-0.39, 0.29) is 17.0 Å². The van der Waals surface area contributed by atoms with Crippen molar-refractivity contribution in [3.8, 4) is 5.75 Å². The lowest BCUT2D eigenvalue weighted by molar-refractivity contribution is 0.0790. The molecule has 1 aromatic carbocycles. The van der Waals surface area contributed by atoms with Crippen molar-refractivity contribution in [2.45, 2.75) is 11.8 Å². The fourth-order valence-electron chi connectivity index (χ4n) is 1.76. The molecular weight excluding hydrogens is 293 g/mol. The number of phenolic OH excluding ortho intramolecular Hbond substituents is 1. The summed E-state index contributed by atoms with van der Waals surface area (Å²) in [4.78, 5) is 13.7. The maximum absolute atomic E-state index is 12.0. The topological polar surface area (TPSA) is 40.5 Å². The van der Waals surface area contributed by atoms with Gasteiger partial charge >= 0.3 is 0 Å². The predicted molar refractivity (Wildman–Crippen MR) is 66.0 cm³/mol. The summed E-state index contributed by atoms with van der Waals surface area (Å²) in [7, 11) is 0. The van der Waals surface area contributed by atoms with E-state index in [0.717, 1.165) is 10.9 Å². The van der Waals surface area contributed by atoms with Crippen molar-refractivity contribution in [1.29, 1.82) is 0 Å². The second-order valence-corrected chi connectivity index (χ2v) is 5.33. The molecule has 5 heteroatoms. The van der Waals surface area contributed by atoms with E-state index in [1.165, 1.54) is 6.07 Å². The number of carbonyl (C=O) groups is 1. The van der Waals surface area contributed by atoms with Crippen LogP contribution in [0.2, 0.25) is 0 Å². The highest BCUT2D eigenvalue weighted by Crippen LogP contribution is 2.25. The van der Waals surface area contributed by atoms with Gasteiger partial charge in [0.1, 0.15) is 5.75 Å². The van der Waals surface area contributed by atoms with Crippen molar-refractivity contribution in [2.75, 3.05) is 13.1 Å². The van der Waals surface area contributed by atoms with E-state index in [1.54, 1.807) is 17.0 Å². The van der Waals surface area contributed by atoms with E-state index in [4.69, 9.17) is 11.6 Å². The van der Waals surface area contributed by atoms with Crippen LogP contribution in [-0.2, 0) is 0 Å². The number of amides is 1.